The Labute approximate surface area is 79.3 Å². The van der Waals surface area contributed by atoms with E-state index in [0.717, 1.165) is 15.6 Å². The minimum absolute atomic E-state index is 0.836. The molecule has 12 heavy (non-hydrogen) atoms. The number of H-pyrrole nitrogens is 1. The smallest absolute Gasteiger partial charge is 0.127 e. The van der Waals surface area contributed by atoms with Gasteiger partial charge in [0.15, 0.2) is 0 Å². The largest absolute Gasteiger partial charge is 0.269 e. The molecule has 0 bridgehead atoms. The van der Waals surface area contributed by atoms with Crippen LogP contribution in [0.2, 0.25) is 0 Å². The lowest BCUT2D eigenvalue weighted by Crippen LogP contribution is -1.70. The third-order valence-corrected chi connectivity index (χ3v) is 1.82. The second-order valence-electron chi connectivity index (χ2n) is 1.91. The molecular weight excluding hydrogens is 218 g/mol. The first-order valence-corrected chi connectivity index (χ1v) is 4.62. The summed E-state index contributed by atoms with van der Waals surface area (Å²) in [5.41, 5.74) is 1.76. The van der Waals surface area contributed by atoms with E-state index in [0.29, 0.717) is 0 Å². The van der Waals surface area contributed by atoms with Gasteiger partial charge in [0, 0.05) is 6.20 Å². The summed E-state index contributed by atoms with van der Waals surface area (Å²) >= 11 is 3.29. The predicted octanol–water partition coefficient (Wildman–Crippen LogP) is 2.75. The van der Waals surface area contributed by atoms with Crippen molar-refractivity contribution in [1.82, 2.24) is 15.2 Å². The fourth-order valence-corrected chi connectivity index (χ4v) is 1.21. The second-order valence-corrected chi connectivity index (χ2v) is 2.70. The maximum absolute atomic E-state index is 4.10. The first-order valence-electron chi connectivity index (χ1n) is 3.82. The molecule has 2 aromatic rings. The highest BCUT2D eigenvalue weighted by Crippen LogP contribution is 2.16. The second kappa shape index (κ2) is 4.21. The van der Waals surface area contributed by atoms with Crippen molar-refractivity contribution in [1.29, 1.82) is 0 Å². The van der Waals surface area contributed by atoms with E-state index < -0.39 is 0 Å². The predicted molar refractivity (Wildman–Crippen MR) is 52.9 cm³/mol. The van der Waals surface area contributed by atoms with Crippen LogP contribution < -0.4 is 0 Å². The fraction of sp³-hybridized carbons (Fsp3) is 0.250. The first kappa shape index (κ1) is 9.19. The molecule has 3 nitrogen and oxygen atoms in total. The lowest BCUT2D eigenvalue weighted by Gasteiger charge is -1.82. The molecule has 2 heterocycles. The van der Waals surface area contributed by atoms with E-state index in [-0.39, 0.29) is 0 Å². The van der Waals surface area contributed by atoms with Crippen molar-refractivity contribution in [2.24, 2.45) is 0 Å². The number of halogens is 1. The summed E-state index contributed by atoms with van der Waals surface area (Å²) in [5, 5.41) is 6.76. The molecule has 0 amide bonds. The van der Waals surface area contributed by atoms with Gasteiger partial charge >= 0.3 is 0 Å². The van der Waals surface area contributed by atoms with Gasteiger partial charge in [0.25, 0.3) is 0 Å². The fourth-order valence-electron chi connectivity index (χ4n) is 0.818. The van der Waals surface area contributed by atoms with E-state index in [2.05, 4.69) is 31.1 Å². The summed E-state index contributed by atoms with van der Waals surface area (Å²) in [6, 6.07) is 3.76. The van der Waals surface area contributed by atoms with Gasteiger partial charge in [-0.05, 0) is 28.1 Å². The summed E-state index contributed by atoms with van der Waals surface area (Å²) in [6.45, 7) is 4.00. The number of hydrogen-bond donors (Lipinski definition) is 1. The molecule has 0 aliphatic carbocycles. The summed E-state index contributed by atoms with van der Waals surface area (Å²) in [6.07, 6.45) is 1.74. The van der Waals surface area contributed by atoms with Crippen molar-refractivity contribution in [3.8, 4) is 0 Å². The van der Waals surface area contributed by atoms with Crippen LogP contribution in [0.15, 0.2) is 22.9 Å². The highest BCUT2D eigenvalue weighted by atomic mass is 79.9. The van der Waals surface area contributed by atoms with Crippen LogP contribution in [0.5, 0.6) is 0 Å². The maximum Gasteiger partial charge on any atom is 0.127 e. The lowest BCUT2D eigenvalue weighted by molar-refractivity contribution is 1.10. The summed E-state index contributed by atoms with van der Waals surface area (Å²) in [4.78, 5) is 4.10. The van der Waals surface area contributed by atoms with Gasteiger partial charge in [-0.25, -0.2) is 0 Å². The maximum atomic E-state index is 4.10. The van der Waals surface area contributed by atoms with Crippen molar-refractivity contribution in [3.63, 3.8) is 0 Å². The number of nitrogens with zero attached hydrogens (tertiary/aromatic N) is 2. The number of rotatable bonds is 0. The van der Waals surface area contributed by atoms with Crippen molar-refractivity contribution < 1.29 is 0 Å². The average Bonchev–Trinajstić information content (AvgIpc) is 2.53. The van der Waals surface area contributed by atoms with E-state index in [9.17, 15) is 0 Å². The van der Waals surface area contributed by atoms with Crippen LogP contribution in [0.3, 0.4) is 0 Å². The van der Waals surface area contributed by atoms with Gasteiger partial charge in [0.05, 0.1) is 0 Å². The third kappa shape index (κ3) is 1.64. The van der Waals surface area contributed by atoms with E-state index in [1.165, 1.54) is 0 Å². The number of aromatic amines is 1. The van der Waals surface area contributed by atoms with Crippen molar-refractivity contribution in [2.75, 3.05) is 0 Å². The van der Waals surface area contributed by atoms with Crippen molar-refractivity contribution in [2.45, 2.75) is 13.8 Å². The van der Waals surface area contributed by atoms with Gasteiger partial charge in [0.1, 0.15) is 15.6 Å². The summed E-state index contributed by atoms with van der Waals surface area (Å²) in [7, 11) is 0. The molecule has 2 aromatic heterocycles. The molecule has 0 saturated carbocycles. The molecule has 0 aliphatic heterocycles. The van der Waals surface area contributed by atoms with Crippen LogP contribution in [-0.4, -0.2) is 15.2 Å². The van der Waals surface area contributed by atoms with Crippen LogP contribution in [0.4, 0.5) is 0 Å². The molecule has 64 valence electrons. The van der Waals surface area contributed by atoms with E-state index in [4.69, 9.17) is 0 Å². The molecule has 0 unspecified atom stereocenters. The minimum atomic E-state index is 0.836. The first-order chi connectivity index (χ1) is 5.88. The number of pyridine rings is 1. The zero-order chi connectivity index (χ0) is 8.97. The zero-order valence-electron chi connectivity index (χ0n) is 7.00. The average molecular weight is 228 g/mol. The van der Waals surface area contributed by atoms with Crippen LogP contribution in [0, 0.1) is 0 Å². The van der Waals surface area contributed by atoms with Crippen LogP contribution >= 0.6 is 15.9 Å². The number of fused-ring (bicyclic) bond motifs is 1. The summed E-state index contributed by atoms with van der Waals surface area (Å²) < 4.78 is 0.836. The Balaban J connectivity index is 0.000000336. The molecule has 4 heteroatoms. The Morgan fingerprint density at radius 2 is 2.17 bits per heavy atom. The van der Waals surface area contributed by atoms with Crippen LogP contribution in [0.1, 0.15) is 13.8 Å². The Hall–Kier alpha value is -0.900. The monoisotopic (exact) mass is 227 g/mol. The highest BCUT2D eigenvalue weighted by molar-refractivity contribution is 9.10. The zero-order valence-corrected chi connectivity index (χ0v) is 8.59. The van der Waals surface area contributed by atoms with Crippen molar-refractivity contribution in [3.05, 3.63) is 22.9 Å². The Morgan fingerprint density at radius 3 is 2.83 bits per heavy atom. The van der Waals surface area contributed by atoms with Crippen LogP contribution in [-0.2, 0) is 0 Å². The number of hydrogen-bond acceptors (Lipinski definition) is 2. The summed E-state index contributed by atoms with van der Waals surface area (Å²) in [5.74, 6) is 0. The molecule has 0 fully saturated rings. The van der Waals surface area contributed by atoms with Gasteiger partial charge in [-0.1, -0.05) is 13.8 Å². The lowest BCUT2D eigenvalue weighted by atomic mass is 10.4. The number of aromatic nitrogens is 3. The Morgan fingerprint density at radius 1 is 1.42 bits per heavy atom. The van der Waals surface area contributed by atoms with Gasteiger partial charge in [-0.3, -0.25) is 10.1 Å². The van der Waals surface area contributed by atoms with E-state index in [1.807, 2.05) is 26.0 Å². The molecule has 0 saturated heterocycles. The Kier molecular flexibility index (Phi) is 3.22. The number of nitrogens with one attached hydrogen (secondary N) is 1. The standard InChI is InChI=1S/C6H4BrN3.C2H6/c7-6-5-4(9-10-6)2-1-3-8-5;1-2/h1-3H,(H,9,10);1-2H3. The molecule has 0 spiro atoms. The normalized spacial score (nSPS) is 9.25. The molecule has 0 aliphatic rings. The molecule has 1 N–H and O–H groups in total. The topological polar surface area (TPSA) is 41.6 Å². The molecule has 0 aromatic carbocycles. The molecule has 2 rings (SSSR count). The quantitative estimate of drug-likeness (QED) is 0.753. The molecule has 0 atom stereocenters. The SMILES string of the molecule is Brc1[nH]nc2cccnc12.CC. The third-order valence-electron chi connectivity index (χ3n) is 1.27. The van der Waals surface area contributed by atoms with Crippen LogP contribution in [0.25, 0.3) is 11.0 Å². The van der Waals surface area contributed by atoms with Gasteiger partial charge in [-0.15, -0.1) is 0 Å². The molecule has 0 radical (unpaired) electrons. The van der Waals surface area contributed by atoms with Crippen molar-refractivity contribution >= 4 is 27.0 Å². The minimum Gasteiger partial charge on any atom is -0.269 e. The van der Waals surface area contributed by atoms with Gasteiger partial charge in [-0.2, -0.15) is 5.10 Å². The highest BCUT2D eigenvalue weighted by Gasteiger charge is 1.99. The molecular formula is C8H10BrN3. The van der Waals surface area contributed by atoms with E-state index >= 15 is 0 Å². The van der Waals surface area contributed by atoms with Gasteiger partial charge < -0.3 is 0 Å². The van der Waals surface area contributed by atoms with Gasteiger partial charge in [0.2, 0.25) is 0 Å². The van der Waals surface area contributed by atoms with E-state index in [1.54, 1.807) is 6.20 Å². The Bertz CT molecular complexity index is 356.